The number of hydrogen-bond acceptors (Lipinski definition) is 2. The van der Waals surface area contributed by atoms with Crippen LogP contribution in [0, 0.1) is 6.92 Å². The molecule has 3 rings (SSSR count). The Labute approximate surface area is 106 Å². The molecular formula is C15H13N3. The molecule has 0 aliphatic heterocycles. The van der Waals surface area contributed by atoms with Gasteiger partial charge in [0.1, 0.15) is 5.69 Å². The summed E-state index contributed by atoms with van der Waals surface area (Å²) in [6, 6.07) is 18.2. The summed E-state index contributed by atoms with van der Waals surface area (Å²) in [5, 5.41) is 8.85. The fraction of sp³-hybridized carbons (Fsp3) is 0.0667. The van der Waals surface area contributed by atoms with E-state index in [2.05, 4.69) is 23.2 Å². The Bertz CT molecular complexity index is 656. The van der Waals surface area contributed by atoms with E-state index in [1.165, 1.54) is 0 Å². The molecule has 0 bridgehead atoms. The third-order valence-electron chi connectivity index (χ3n) is 2.89. The first-order chi connectivity index (χ1) is 8.84. The molecule has 0 atom stereocenters. The van der Waals surface area contributed by atoms with Crippen LogP contribution in [0.2, 0.25) is 0 Å². The highest BCUT2D eigenvalue weighted by Crippen LogP contribution is 2.17. The zero-order valence-corrected chi connectivity index (χ0v) is 10.1. The molecule has 88 valence electrons. The van der Waals surface area contributed by atoms with E-state index in [4.69, 9.17) is 0 Å². The monoisotopic (exact) mass is 235 g/mol. The smallest absolute Gasteiger partial charge is 0.113 e. The molecule has 0 spiro atoms. The number of para-hydroxylation sites is 1. The molecule has 0 N–H and O–H groups in total. The number of aryl methyl sites for hydroxylation is 1. The normalized spacial score (nSPS) is 10.5. The summed E-state index contributed by atoms with van der Waals surface area (Å²) in [6.07, 6.45) is 1.79. The lowest BCUT2D eigenvalue weighted by Gasteiger charge is -2.02. The summed E-state index contributed by atoms with van der Waals surface area (Å²) in [6.45, 7) is 2.06. The van der Waals surface area contributed by atoms with Gasteiger partial charge in [-0.15, -0.1) is 5.10 Å². The SMILES string of the molecule is Cc1ccccc1-n1ncc(-c2ccccc2)n1. The van der Waals surface area contributed by atoms with E-state index in [-0.39, 0.29) is 0 Å². The quantitative estimate of drug-likeness (QED) is 0.682. The van der Waals surface area contributed by atoms with Crippen LogP contribution in [0.1, 0.15) is 5.56 Å². The van der Waals surface area contributed by atoms with E-state index in [1.807, 2.05) is 48.5 Å². The molecule has 0 aliphatic rings. The second kappa shape index (κ2) is 4.45. The van der Waals surface area contributed by atoms with Crippen molar-refractivity contribution in [3.8, 4) is 16.9 Å². The lowest BCUT2D eigenvalue weighted by molar-refractivity contribution is 0.749. The second-order valence-corrected chi connectivity index (χ2v) is 4.17. The van der Waals surface area contributed by atoms with Gasteiger partial charge >= 0.3 is 0 Å². The van der Waals surface area contributed by atoms with Crippen LogP contribution in [-0.2, 0) is 0 Å². The van der Waals surface area contributed by atoms with Gasteiger partial charge in [-0.05, 0) is 18.6 Å². The van der Waals surface area contributed by atoms with Crippen molar-refractivity contribution in [1.82, 2.24) is 15.0 Å². The Morgan fingerprint density at radius 2 is 1.61 bits per heavy atom. The molecule has 1 aromatic heterocycles. The molecule has 3 aromatic rings. The number of hydrogen-bond donors (Lipinski definition) is 0. The third-order valence-corrected chi connectivity index (χ3v) is 2.89. The van der Waals surface area contributed by atoms with Gasteiger partial charge in [-0.1, -0.05) is 48.5 Å². The topological polar surface area (TPSA) is 30.7 Å². The predicted octanol–water partition coefficient (Wildman–Crippen LogP) is 3.24. The summed E-state index contributed by atoms with van der Waals surface area (Å²) in [4.78, 5) is 1.68. The van der Waals surface area contributed by atoms with Gasteiger partial charge in [0, 0.05) is 5.56 Å². The van der Waals surface area contributed by atoms with Crippen LogP contribution in [-0.4, -0.2) is 15.0 Å². The molecule has 0 fully saturated rings. The van der Waals surface area contributed by atoms with Gasteiger partial charge < -0.3 is 0 Å². The molecule has 0 saturated carbocycles. The van der Waals surface area contributed by atoms with Crippen LogP contribution in [0.4, 0.5) is 0 Å². The Hall–Kier alpha value is -2.42. The number of rotatable bonds is 2. The molecule has 18 heavy (non-hydrogen) atoms. The molecule has 3 nitrogen and oxygen atoms in total. The van der Waals surface area contributed by atoms with Crippen molar-refractivity contribution in [3.63, 3.8) is 0 Å². The average molecular weight is 235 g/mol. The van der Waals surface area contributed by atoms with Crippen molar-refractivity contribution in [2.24, 2.45) is 0 Å². The van der Waals surface area contributed by atoms with Gasteiger partial charge in [-0.3, -0.25) is 0 Å². The zero-order chi connectivity index (χ0) is 12.4. The van der Waals surface area contributed by atoms with E-state index in [0.29, 0.717) is 0 Å². The van der Waals surface area contributed by atoms with Gasteiger partial charge in [-0.2, -0.15) is 9.90 Å². The van der Waals surface area contributed by atoms with Crippen molar-refractivity contribution in [2.45, 2.75) is 6.92 Å². The molecule has 0 unspecified atom stereocenters. The summed E-state index contributed by atoms with van der Waals surface area (Å²) in [5.74, 6) is 0. The first-order valence-corrected chi connectivity index (χ1v) is 5.88. The minimum absolute atomic E-state index is 0.888. The van der Waals surface area contributed by atoms with Gasteiger partial charge in [-0.25, -0.2) is 0 Å². The molecule has 0 saturated heterocycles. The van der Waals surface area contributed by atoms with Gasteiger partial charge in [0.05, 0.1) is 11.9 Å². The highest BCUT2D eigenvalue weighted by atomic mass is 15.5. The van der Waals surface area contributed by atoms with Crippen molar-refractivity contribution in [1.29, 1.82) is 0 Å². The molecule has 1 heterocycles. The lowest BCUT2D eigenvalue weighted by atomic mass is 10.2. The van der Waals surface area contributed by atoms with Gasteiger partial charge in [0.2, 0.25) is 0 Å². The van der Waals surface area contributed by atoms with Crippen molar-refractivity contribution < 1.29 is 0 Å². The second-order valence-electron chi connectivity index (χ2n) is 4.17. The molecule has 0 radical (unpaired) electrons. The Kier molecular flexibility index (Phi) is 2.65. The first-order valence-electron chi connectivity index (χ1n) is 5.88. The summed E-state index contributed by atoms with van der Waals surface area (Å²) < 4.78 is 0. The lowest BCUT2D eigenvalue weighted by Crippen LogP contribution is -2.00. The molecule has 0 aliphatic carbocycles. The van der Waals surface area contributed by atoms with Crippen molar-refractivity contribution in [3.05, 3.63) is 66.4 Å². The van der Waals surface area contributed by atoms with Crippen LogP contribution in [0.5, 0.6) is 0 Å². The maximum Gasteiger partial charge on any atom is 0.113 e. The summed E-state index contributed by atoms with van der Waals surface area (Å²) in [7, 11) is 0. The van der Waals surface area contributed by atoms with Crippen LogP contribution in [0.3, 0.4) is 0 Å². The Morgan fingerprint density at radius 3 is 2.39 bits per heavy atom. The highest BCUT2D eigenvalue weighted by Gasteiger charge is 2.06. The van der Waals surface area contributed by atoms with E-state index in [1.54, 1.807) is 11.0 Å². The molecule has 2 aromatic carbocycles. The van der Waals surface area contributed by atoms with Crippen LogP contribution in [0.25, 0.3) is 16.9 Å². The molecule has 0 amide bonds. The zero-order valence-electron chi connectivity index (χ0n) is 10.1. The van der Waals surface area contributed by atoms with E-state index >= 15 is 0 Å². The van der Waals surface area contributed by atoms with Crippen LogP contribution >= 0.6 is 0 Å². The number of aromatic nitrogens is 3. The molecule has 3 heteroatoms. The van der Waals surface area contributed by atoms with E-state index in [9.17, 15) is 0 Å². The minimum Gasteiger partial charge on any atom is -0.156 e. The fourth-order valence-corrected chi connectivity index (χ4v) is 1.91. The van der Waals surface area contributed by atoms with Gasteiger partial charge in [0.15, 0.2) is 0 Å². The summed E-state index contributed by atoms with van der Waals surface area (Å²) >= 11 is 0. The van der Waals surface area contributed by atoms with Crippen molar-refractivity contribution in [2.75, 3.05) is 0 Å². The standard InChI is InChI=1S/C15H13N3/c1-12-7-5-6-10-15(12)18-16-11-14(17-18)13-8-3-2-4-9-13/h2-11H,1H3. The Morgan fingerprint density at radius 1 is 0.889 bits per heavy atom. The maximum absolute atomic E-state index is 4.52. The van der Waals surface area contributed by atoms with Crippen molar-refractivity contribution >= 4 is 0 Å². The third kappa shape index (κ3) is 1.91. The number of benzene rings is 2. The highest BCUT2D eigenvalue weighted by molar-refractivity contribution is 5.57. The van der Waals surface area contributed by atoms with E-state index in [0.717, 1.165) is 22.5 Å². The Balaban J connectivity index is 2.03. The average Bonchev–Trinajstić information content (AvgIpc) is 2.90. The fourth-order valence-electron chi connectivity index (χ4n) is 1.91. The number of nitrogens with zero attached hydrogens (tertiary/aromatic N) is 3. The molecular weight excluding hydrogens is 222 g/mol. The van der Waals surface area contributed by atoms with Crippen LogP contribution in [0.15, 0.2) is 60.8 Å². The minimum atomic E-state index is 0.888. The summed E-state index contributed by atoms with van der Waals surface area (Å²) in [5.41, 5.74) is 4.14. The predicted molar refractivity (Wildman–Crippen MR) is 71.5 cm³/mol. The van der Waals surface area contributed by atoms with Gasteiger partial charge in [0.25, 0.3) is 0 Å². The maximum atomic E-state index is 4.52. The largest absolute Gasteiger partial charge is 0.156 e. The van der Waals surface area contributed by atoms with Crippen LogP contribution < -0.4 is 0 Å². The first kappa shape index (κ1) is 10.7. The van der Waals surface area contributed by atoms with E-state index < -0.39 is 0 Å².